The molecule has 1 saturated heterocycles. The maximum absolute atomic E-state index is 12.1. The topological polar surface area (TPSA) is 61.4 Å². The molecular weight excluding hydrogens is 370 g/mol. The van der Waals surface area contributed by atoms with Gasteiger partial charge in [-0.25, -0.2) is 0 Å². The highest BCUT2D eigenvalue weighted by molar-refractivity contribution is 9.10. The lowest BCUT2D eigenvalue weighted by atomic mass is 10.1. The molecule has 0 spiro atoms. The quantitative estimate of drug-likeness (QED) is 0.745. The monoisotopic (exact) mass is 395 g/mol. The standard InChI is InChI=1S/C18H26BrN3O2/c1-14(13-17(23)21-16-7-5-15(19)6-8-16)20-10-9-18(24)22-11-3-2-4-12-22/h5-8,14,20H,2-4,9-13H2,1H3,(H,21,23). The molecule has 5 nitrogen and oxygen atoms in total. The van der Waals surface area contributed by atoms with Crippen LogP contribution >= 0.6 is 15.9 Å². The molecular formula is C18H26BrN3O2. The maximum Gasteiger partial charge on any atom is 0.225 e. The highest BCUT2D eigenvalue weighted by atomic mass is 79.9. The van der Waals surface area contributed by atoms with Gasteiger partial charge in [-0.15, -0.1) is 0 Å². The maximum atomic E-state index is 12.1. The van der Waals surface area contributed by atoms with Crippen molar-refractivity contribution < 1.29 is 9.59 Å². The van der Waals surface area contributed by atoms with Gasteiger partial charge in [0.2, 0.25) is 11.8 Å². The number of hydrogen-bond acceptors (Lipinski definition) is 3. The normalized spacial score (nSPS) is 15.8. The van der Waals surface area contributed by atoms with Crippen LogP contribution in [0.1, 0.15) is 39.0 Å². The van der Waals surface area contributed by atoms with Crippen LogP contribution in [0, 0.1) is 0 Å². The first kappa shape index (κ1) is 18.9. The molecule has 0 aromatic heterocycles. The third kappa shape index (κ3) is 6.61. The van der Waals surface area contributed by atoms with Crippen molar-refractivity contribution in [3.05, 3.63) is 28.7 Å². The van der Waals surface area contributed by atoms with Crippen LogP contribution in [-0.4, -0.2) is 42.4 Å². The van der Waals surface area contributed by atoms with Crippen LogP contribution < -0.4 is 10.6 Å². The van der Waals surface area contributed by atoms with Crippen molar-refractivity contribution in [2.45, 2.75) is 45.1 Å². The average molecular weight is 396 g/mol. The van der Waals surface area contributed by atoms with E-state index in [1.165, 1.54) is 6.42 Å². The molecule has 1 fully saturated rings. The fourth-order valence-electron chi connectivity index (χ4n) is 2.82. The van der Waals surface area contributed by atoms with E-state index in [9.17, 15) is 9.59 Å². The van der Waals surface area contributed by atoms with Crippen molar-refractivity contribution in [2.24, 2.45) is 0 Å². The second kappa shape index (κ2) is 9.79. The summed E-state index contributed by atoms with van der Waals surface area (Å²) in [6.45, 7) is 4.36. The van der Waals surface area contributed by atoms with Crippen molar-refractivity contribution in [1.29, 1.82) is 0 Å². The van der Waals surface area contributed by atoms with Gasteiger partial charge >= 0.3 is 0 Å². The Balaban J connectivity index is 1.63. The molecule has 1 unspecified atom stereocenters. The van der Waals surface area contributed by atoms with Gasteiger partial charge in [0.05, 0.1) is 0 Å². The molecule has 1 atom stereocenters. The van der Waals surface area contributed by atoms with Gasteiger partial charge in [-0.1, -0.05) is 15.9 Å². The van der Waals surface area contributed by atoms with Crippen LogP contribution in [-0.2, 0) is 9.59 Å². The van der Waals surface area contributed by atoms with Gasteiger partial charge in [0.1, 0.15) is 0 Å². The van der Waals surface area contributed by atoms with E-state index in [-0.39, 0.29) is 17.9 Å². The Labute approximate surface area is 152 Å². The van der Waals surface area contributed by atoms with Crippen LogP contribution in [0.3, 0.4) is 0 Å². The van der Waals surface area contributed by atoms with Crippen LogP contribution in [0.5, 0.6) is 0 Å². The molecule has 2 amide bonds. The summed E-state index contributed by atoms with van der Waals surface area (Å²) in [4.78, 5) is 26.0. The number of rotatable bonds is 7. The van der Waals surface area contributed by atoms with E-state index < -0.39 is 0 Å². The average Bonchev–Trinajstić information content (AvgIpc) is 2.57. The fourth-order valence-corrected chi connectivity index (χ4v) is 3.09. The molecule has 0 saturated carbocycles. The van der Waals surface area contributed by atoms with Crippen molar-refractivity contribution >= 4 is 33.4 Å². The van der Waals surface area contributed by atoms with E-state index in [1.807, 2.05) is 36.1 Å². The number of carbonyl (C=O) groups is 2. The highest BCUT2D eigenvalue weighted by Gasteiger charge is 2.16. The summed E-state index contributed by atoms with van der Waals surface area (Å²) in [5.41, 5.74) is 0.788. The van der Waals surface area contributed by atoms with Crippen LogP contribution in [0.4, 0.5) is 5.69 Å². The second-order valence-corrected chi connectivity index (χ2v) is 7.22. The number of hydrogen-bond donors (Lipinski definition) is 2. The molecule has 1 heterocycles. The Morgan fingerprint density at radius 2 is 1.83 bits per heavy atom. The first-order chi connectivity index (χ1) is 11.5. The van der Waals surface area contributed by atoms with Gasteiger partial charge < -0.3 is 15.5 Å². The van der Waals surface area contributed by atoms with Crippen molar-refractivity contribution in [3.63, 3.8) is 0 Å². The van der Waals surface area contributed by atoms with E-state index in [2.05, 4.69) is 26.6 Å². The lowest BCUT2D eigenvalue weighted by molar-refractivity contribution is -0.132. The molecule has 0 radical (unpaired) electrons. The zero-order valence-corrected chi connectivity index (χ0v) is 15.8. The Hall–Kier alpha value is -1.40. The zero-order valence-electron chi connectivity index (χ0n) is 14.2. The van der Waals surface area contributed by atoms with Crippen molar-refractivity contribution in [2.75, 3.05) is 25.0 Å². The lowest BCUT2D eigenvalue weighted by Crippen LogP contribution is -2.38. The number of amides is 2. The van der Waals surface area contributed by atoms with Gasteiger partial charge in [-0.3, -0.25) is 9.59 Å². The van der Waals surface area contributed by atoms with Crippen LogP contribution in [0.2, 0.25) is 0 Å². The van der Waals surface area contributed by atoms with Crippen LogP contribution in [0.25, 0.3) is 0 Å². The number of benzene rings is 1. The second-order valence-electron chi connectivity index (χ2n) is 6.31. The predicted octanol–water partition coefficient (Wildman–Crippen LogP) is 3.16. The fraction of sp³-hybridized carbons (Fsp3) is 0.556. The predicted molar refractivity (Wildman–Crippen MR) is 99.9 cm³/mol. The van der Waals surface area contributed by atoms with Crippen molar-refractivity contribution in [3.8, 4) is 0 Å². The summed E-state index contributed by atoms with van der Waals surface area (Å²) in [7, 11) is 0. The van der Waals surface area contributed by atoms with E-state index in [1.54, 1.807) is 0 Å². The summed E-state index contributed by atoms with van der Waals surface area (Å²) >= 11 is 3.37. The summed E-state index contributed by atoms with van der Waals surface area (Å²) in [5.74, 6) is 0.188. The summed E-state index contributed by atoms with van der Waals surface area (Å²) in [6, 6.07) is 7.54. The summed E-state index contributed by atoms with van der Waals surface area (Å²) in [5, 5.41) is 6.14. The third-order valence-corrected chi connectivity index (χ3v) is 4.69. The molecule has 1 aliphatic heterocycles. The number of likely N-dealkylation sites (tertiary alicyclic amines) is 1. The van der Waals surface area contributed by atoms with Crippen LogP contribution in [0.15, 0.2) is 28.7 Å². The Bertz CT molecular complexity index is 542. The summed E-state index contributed by atoms with van der Waals surface area (Å²) < 4.78 is 0.980. The number of nitrogens with one attached hydrogen (secondary N) is 2. The number of piperidine rings is 1. The number of nitrogens with zero attached hydrogens (tertiary/aromatic N) is 1. The molecule has 2 rings (SSSR count). The molecule has 2 N–H and O–H groups in total. The zero-order chi connectivity index (χ0) is 17.4. The van der Waals surface area contributed by atoms with E-state index in [4.69, 9.17) is 0 Å². The molecule has 0 bridgehead atoms. The molecule has 0 aliphatic carbocycles. The highest BCUT2D eigenvalue weighted by Crippen LogP contribution is 2.14. The first-order valence-electron chi connectivity index (χ1n) is 8.61. The molecule has 1 aromatic carbocycles. The van der Waals surface area contributed by atoms with E-state index in [0.717, 1.165) is 36.1 Å². The molecule has 132 valence electrons. The van der Waals surface area contributed by atoms with Gasteiger partial charge in [0, 0.05) is 48.7 Å². The summed E-state index contributed by atoms with van der Waals surface area (Å²) in [6.07, 6.45) is 4.34. The van der Waals surface area contributed by atoms with Gasteiger partial charge in [-0.2, -0.15) is 0 Å². The van der Waals surface area contributed by atoms with Gasteiger partial charge in [0.25, 0.3) is 0 Å². The molecule has 1 aromatic rings. The van der Waals surface area contributed by atoms with E-state index in [0.29, 0.717) is 19.4 Å². The number of carbonyl (C=O) groups excluding carboxylic acids is 2. The smallest absolute Gasteiger partial charge is 0.225 e. The minimum absolute atomic E-state index is 0.0281. The van der Waals surface area contributed by atoms with Crippen molar-refractivity contribution in [1.82, 2.24) is 10.2 Å². The number of halogens is 1. The minimum atomic E-state index is -0.0281. The molecule has 1 aliphatic rings. The molecule has 24 heavy (non-hydrogen) atoms. The lowest BCUT2D eigenvalue weighted by Gasteiger charge is -2.27. The molecule has 6 heteroatoms. The number of anilines is 1. The first-order valence-corrected chi connectivity index (χ1v) is 9.40. The van der Waals surface area contributed by atoms with Gasteiger partial charge in [-0.05, 0) is 50.5 Å². The minimum Gasteiger partial charge on any atom is -0.343 e. The largest absolute Gasteiger partial charge is 0.343 e. The Morgan fingerprint density at radius 1 is 1.17 bits per heavy atom. The Morgan fingerprint density at radius 3 is 2.50 bits per heavy atom. The van der Waals surface area contributed by atoms with E-state index >= 15 is 0 Å². The third-order valence-electron chi connectivity index (χ3n) is 4.16. The Kier molecular flexibility index (Phi) is 7.72. The van der Waals surface area contributed by atoms with Gasteiger partial charge in [0.15, 0.2) is 0 Å². The SMILES string of the molecule is CC(CC(=O)Nc1ccc(Br)cc1)NCCC(=O)N1CCCCC1.